The van der Waals surface area contributed by atoms with E-state index in [0.29, 0.717) is 19.6 Å². The van der Waals surface area contributed by atoms with Crippen LogP contribution < -0.4 is 0 Å². The van der Waals surface area contributed by atoms with Crippen molar-refractivity contribution >= 4 is 10.0 Å². The minimum Gasteiger partial charge on any atom is -0.383 e. The Morgan fingerprint density at radius 2 is 2.13 bits per heavy atom. The average molecular weight is 234 g/mol. The van der Waals surface area contributed by atoms with Crippen LogP contribution in [0.4, 0.5) is 0 Å². The molecule has 0 fully saturated rings. The van der Waals surface area contributed by atoms with Crippen molar-refractivity contribution in [1.82, 2.24) is 4.31 Å². The van der Waals surface area contributed by atoms with Gasteiger partial charge in [0.1, 0.15) is 0 Å². The maximum atomic E-state index is 11.7. The highest BCUT2D eigenvalue weighted by atomic mass is 32.2. The van der Waals surface area contributed by atoms with Gasteiger partial charge < -0.3 is 4.74 Å². The molecule has 0 aromatic rings. The highest BCUT2D eigenvalue weighted by Crippen LogP contribution is 2.10. The molecular formula is C9H18N2O3S. The zero-order valence-electron chi connectivity index (χ0n) is 9.43. The third-order valence-electron chi connectivity index (χ3n) is 2.20. The topological polar surface area (TPSA) is 70.4 Å². The molecule has 1 unspecified atom stereocenters. The first kappa shape index (κ1) is 14.4. The fourth-order valence-electron chi connectivity index (χ4n) is 1.18. The number of methoxy groups -OCH3 is 1. The van der Waals surface area contributed by atoms with Crippen LogP contribution in [0, 0.1) is 11.3 Å². The summed E-state index contributed by atoms with van der Waals surface area (Å²) < 4.78 is 29.6. The van der Waals surface area contributed by atoms with Crippen molar-refractivity contribution in [3.8, 4) is 6.07 Å². The lowest BCUT2D eigenvalue weighted by Gasteiger charge is -2.26. The third-order valence-corrected chi connectivity index (χ3v) is 3.95. The van der Waals surface area contributed by atoms with E-state index in [0.717, 1.165) is 0 Å². The van der Waals surface area contributed by atoms with Gasteiger partial charge in [-0.25, -0.2) is 8.42 Å². The molecule has 0 N–H and O–H groups in total. The Morgan fingerprint density at radius 1 is 1.53 bits per heavy atom. The van der Waals surface area contributed by atoms with Gasteiger partial charge in [-0.05, 0) is 13.3 Å². The van der Waals surface area contributed by atoms with Crippen molar-refractivity contribution in [3.63, 3.8) is 0 Å². The number of nitrogens with zero attached hydrogens (tertiary/aromatic N) is 2. The van der Waals surface area contributed by atoms with Gasteiger partial charge in [-0.15, -0.1) is 0 Å². The first-order valence-corrected chi connectivity index (χ1v) is 6.45. The molecule has 0 aromatic heterocycles. The van der Waals surface area contributed by atoms with Gasteiger partial charge in [0.05, 0.1) is 12.7 Å². The van der Waals surface area contributed by atoms with Gasteiger partial charge in [0.15, 0.2) is 5.75 Å². The summed E-state index contributed by atoms with van der Waals surface area (Å²) in [6.07, 6.45) is 0.717. The van der Waals surface area contributed by atoms with E-state index in [1.807, 2.05) is 13.8 Å². The van der Waals surface area contributed by atoms with Crippen LogP contribution in [0.2, 0.25) is 0 Å². The van der Waals surface area contributed by atoms with Gasteiger partial charge in [-0.2, -0.15) is 9.57 Å². The zero-order chi connectivity index (χ0) is 11.9. The van der Waals surface area contributed by atoms with E-state index < -0.39 is 15.8 Å². The standard InChI is InChI=1S/C9H18N2O3S/c1-4-9(2)11(6-7-14-3)15(12,13)8-5-10/h9H,4,6-8H2,1-3H3. The molecule has 0 aliphatic carbocycles. The van der Waals surface area contributed by atoms with Gasteiger partial charge in [0, 0.05) is 19.7 Å². The maximum Gasteiger partial charge on any atom is 0.227 e. The molecule has 0 heterocycles. The number of ether oxygens (including phenoxy) is 1. The summed E-state index contributed by atoms with van der Waals surface area (Å²) in [4.78, 5) is 0. The fourth-order valence-corrected chi connectivity index (χ4v) is 2.56. The van der Waals surface area contributed by atoms with Crippen LogP contribution in [-0.2, 0) is 14.8 Å². The van der Waals surface area contributed by atoms with E-state index >= 15 is 0 Å². The Bertz CT molecular complexity index is 308. The minimum atomic E-state index is -3.46. The lowest BCUT2D eigenvalue weighted by atomic mass is 10.3. The van der Waals surface area contributed by atoms with Crippen LogP contribution in [0.25, 0.3) is 0 Å². The van der Waals surface area contributed by atoms with Crippen LogP contribution in [0.1, 0.15) is 20.3 Å². The SMILES string of the molecule is CCC(C)N(CCOC)S(=O)(=O)CC#N. The molecule has 0 aromatic carbocycles. The largest absolute Gasteiger partial charge is 0.383 e. The predicted octanol–water partition coefficient (Wildman–Crippen LogP) is 0.587. The van der Waals surface area contributed by atoms with Gasteiger partial charge >= 0.3 is 0 Å². The summed E-state index contributed by atoms with van der Waals surface area (Å²) in [5, 5.41) is 8.44. The van der Waals surface area contributed by atoms with Crippen molar-refractivity contribution < 1.29 is 13.2 Å². The molecule has 0 radical (unpaired) electrons. The molecule has 0 rings (SSSR count). The Balaban J connectivity index is 4.70. The van der Waals surface area contributed by atoms with Gasteiger partial charge in [0.2, 0.25) is 10.0 Å². The molecule has 1 atom stereocenters. The van der Waals surface area contributed by atoms with Gasteiger partial charge in [-0.3, -0.25) is 0 Å². The summed E-state index contributed by atoms with van der Waals surface area (Å²) in [6, 6.07) is 1.57. The second kappa shape index (κ2) is 6.77. The Labute approximate surface area is 91.7 Å². The molecule has 0 bridgehead atoms. The summed E-state index contributed by atoms with van der Waals surface area (Å²) in [5.41, 5.74) is 0. The molecule has 5 nitrogen and oxygen atoms in total. The third kappa shape index (κ3) is 4.60. The molecule has 0 aliphatic heterocycles. The second-order valence-corrected chi connectivity index (χ2v) is 5.20. The van der Waals surface area contributed by atoms with E-state index in [2.05, 4.69) is 0 Å². The van der Waals surface area contributed by atoms with Crippen LogP contribution in [-0.4, -0.2) is 44.8 Å². The quantitative estimate of drug-likeness (QED) is 0.646. The Hall–Kier alpha value is -0.640. The van der Waals surface area contributed by atoms with Gasteiger partial charge in [-0.1, -0.05) is 6.92 Å². The highest BCUT2D eigenvalue weighted by Gasteiger charge is 2.25. The van der Waals surface area contributed by atoms with E-state index in [-0.39, 0.29) is 6.04 Å². The van der Waals surface area contributed by atoms with Crippen LogP contribution in [0.5, 0.6) is 0 Å². The zero-order valence-corrected chi connectivity index (χ0v) is 10.2. The molecule has 88 valence electrons. The van der Waals surface area contributed by atoms with Crippen molar-refractivity contribution in [1.29, 1.82) is 5.26 Å². The van der Waals surface area contributed by atoms with Crippen molar-refractivity contribution in [3.05, 3.63) is 0 Å². The fraction of sp³-hybridized carbons (Fsp3) is 0.889. The molecule has 0 spiro atoms. The molecule has 6 heteroatoms. The minimum absolute atomic E-state index is 0.0986. The van der Waals surface area contributed by atoms with Crippen LogP contribution >= 0.6 is 0 Å². The van der Waals surface area contributed by atoms with Crippen molar-refractivity contribution in [2.75, 3.05) is 26.0 Å². The van der Waals surface area contributed by atoms with Crippen molar-refractivity contribution in [2.45, 2.75) is 26.3 Å². The average Bonchev–Trinajstić information content (AvgIpc) is 2.17. The van der Waals surface area contributed by atoms with Crippen LogP contribution in [0.3, 0.4) is 0 Å². The molecule has 0 amide bonds. The molecule has 0 saturated heterocycles. The number of hydrogen-bond donors (Lipinski definition) is 0. The van der Waals surface area contributed by atoms with E-state index in [1.54, 1.807) is 6.07 Å². The number of rotatable bonds is 7. The Kier molecular flexibility index (Phi) is 6.48. The smallest absolute Gasteiger partial charge is 0.227 e. The second-order valence-electron chi connectivity index (χ2n) is 3.28. The molecule has 0 aliphatic rings. The number of hydrogen-bond acceptors (Lipinski definition) is 4. The molecular weight excluding hydrogens is 216 g/mol. The summed E-state index contributed by atoms with van der Waals surface area (Å²) in [5.74, 6) is -0.471. The number of nitriles is 1. The van der Waals surface area contributed by atoms with E-state index in [1.165, 1.54) is 11.4 Å². The number of sulfonamides is 1. The normalized spacial score (nSPS) is 13.8. The summed E-state index contributed by atoms with van der Waals surface area (Å²) in [6.45, 7) is 4.38. The Morgan fingerprint density at radius 3 is 2.53 bits per heavy atom. The summed E-state index contributed by atoms with van der Waals surface area (Å²) >= 11 is 0. The first-order chi connectivity index (χ1) is 6.99. The maximum absolute atomic E-state index is 11.7. The molecule has 15 heavy (non-hydrogen) atoms. The molecule has 0 saturated carbocycles. The van der Waals surface area contributed by atoms with E-state index in [9.17, 15) is 8.42 Å². The first-order valence-electron chi connectivity index (χ1n) is 4.85. The monoisotopic (exact) mass is 234 g/mol. The highest BCUT2D eigenvalue weighted by molar-refractivity contribution is 7.89. The lowest BCUT2D eigenvalue weighted by molar-refractivity contribution is 0.167. The van der Waals surface area contributed by atoms with Gasteiger partial charge in [0.25, 0.3) is 0 Å². The van der Waals surface area contributed by atoms with E-state index in [4.69, 9.17) is 10.00 Å². The van der Waals surface area contributed by atoms with Crippen LogP contribution in [0.15, 0.2) is 0 Å². The summed E-state index contributed by atoms with van der Waals surface area (Å²) in [7, 11) is -1.94. The predicted molar refractivity (Wildman–Crippen MR) is 57.7 cm³/mol. The van der Waals surface area contributed by atoms with Crippen molar-refractivity contribution in [2.24, 2.45) is 0 Å². The lowest BCUT2D eigenvalue weighted by Crippen LogP contribution is -2.41.